The van der Waals surface area contributed by atoms with Crippen molar-refractivity contribution in [2.24, 2.45) is 0 Å². The van der Waals surface area contributed by atoms with Crippen molar-refractivity contribution in [2.75, 3.05) is 6.26 Å². The topological polar surface area (TPSA) is 67.3 Å². The van der Waals surface area contributed by atoms with Gasteiger partial charge in [0.2, 0.25) is 0 Å². The summed E-state index contributed by atoms with van der Waals surface area (Å²) in [5, 5.41) is 10.9. The van der Waals surface area contributed by atoms with Gasteiger partial charge in [0.1, 0.15) is 10.8 Å². The van der Waals surface area contributed by atoms with E-state index >= 15 is 0 Å². The summed E-state index contributed by atoms with van der Waals surface area (Å²) in [5.74, 6) is -0.492. The lowest BCUT2D eigenvalue weighted by molar-refractivity contribution is -0.118. The van der Waals surface area contributed by atoms with E-state index in [0.29, 0.717) is 25.2 Å². The molecule has 0 aliphatic heterocycles. The highest BCUT2D eigenvalue weighted by molar-refractivity contribution is 7.98. The number of hydrogen-bond donors (Lipinski definition) is 1. The largest absolute Gasteiger partial charge is 0.478 e. The molecule has 1 unspecified atom stereocenters. The molecular formula is C25H23NO3S2. The van der Waals surface area contributed by atoms with Gasteiger partial charge in [0.05, 0.1) is 21.9 Å². The second-order valence-electron chi connectivity index (χ2n) is 7.57. The third kappa shape index (κ3) is 5.32. The van der Waals surface area contributed by atoms with E-state index < -0.39 is 5.97 Å². The minimum Gasteiger partial charge on any atom is -0.478 e. The summed E-state index contributed by atoms with van der Waals surface area (Å²) in [7, 11) is 0. The Balaban J connectivity index is 1.42. The van der Waals surface area contributed by atoms with E-state index in [-0.39, 0.29) is 11.3 Å². The fourth-order valence-corrected chi connectivity index (χ4v) is 5.29. The van der Waals surface area contributed by atoms with Gasteiger partial charge in [-0.25, -0.2) is 9.78 Å². The number of hydrogen-bond acceptors (Lipinski definition) is 5. The van der Waals surface area contributed by atoms with Crippen LogP contribution >= 0.6 is 23.1 Å². The number of nitrogens with zero attached hydrogens (tertiary/aromatic N) is 1. The molecule has 2 aromatic carbocycles. The molecule has 158 valence electrons. The summed E-state index contributed by atoms with van der Waals surface area (Å²) >= 11 is 3.35. The molecule has 0 saturated carbocycles. The Bertz CT molecular complexity index is 1250. The lowest BCUT2D eigenvalue weighted by Gasteiger charge is -2.13. The van der Waals surface area contributed by atoms with Crippen molar-refractivity contribution in [3.8, 4) is 0 Å². The van der Waals surface area contributed by atoms with Gasteiger partial charge in [-0.2, -0.15) is 0 Å². The molecule has 0 amide bonds. The molecule has 1 aliphatic rings. The van der Waals surface area contributed by atoms with Crippen molar-refractivity contribution >= 4 is 47.0 Å². The normalized spacial score (nSPS) is 14.9. The molecule has 1 atom stereocenters. The van der Waals surface area contributed by atoms with Gasteiger partial charge < -0.3 is 5.11 Å². The predicted octanol–water partition coefficient (Wildman–Crippen LogP) is 4.06. The molecule has 0 radical (unpaired) electrons. The number of thiazole rings is 1. The second kappa shape index (κ2) is 9.62. The summed E-state index contributed by atoms with van der Waals surface area (Å²) in [5.41, 5.74) is 2.42. The Hall–Kier alpha value is -2.70. The average molecular weight is 450 g/mol. The van der Waals surface area contributed by atoms with Gasteiger partial charge in [0, 0.05) is 17.2 Å². The van der Waals surface area contributed by atoms with Gasteiger partial charge in [-0.3, -0.25) is 4.79 Å². The van der Waals surface area contributed by atoms with Crippen LogP contribution < -0.4 is 9.88 Å². The van der Waals surface area contributed by atoms with E-state index in [1.807, 2.05) is 6.07 Å². The molecule has 1 aliphatic carbocycles. The van der Waals surface area contributed by atoms with Gasteiger partial charge in [0.25, 0.3) is 0 Å². The number of aryl methyl sites for hydroxylation is 1. The second-order valence-corrected chi connectivity index (χ2v) is 9.56. The number of carboxylic acid groups (broad SMARTS) is 1. The highest BCUT2D eigenvalue weighted by atomic mass is 32.2. The SMILES string of the molecule is CSc1cccc(C2C=c3sc(CC(=O)CCc4cccc(C(=O)O)c4)nc3=CC2)c1. The number of carbonyl (C=O) groups is 2. The number of thioether (sulfide) groups is 1. The Morgan fingerprint density at radius 2 is 2.03 bits per heavy atom. The van der Waals surface area contributed by atoms with Crippen LogP contribution in [-0.4, -0.2) is 28.1 Å². The summed E-state index contributed by atoms with van der Waals surface area (Å²) in [6.45, 7) is 0. The Morgan fingerprint density at radius 3 is 2.84 bits per heavy atom. The smallest absolute Gasteiger partial charge is 0.335 e. The molecule has 1 heterocycles. The lowest BCUT2D eigenvalue weighted by Crippen LogP contribution is -2.25. The third-order valence-electron chi connectivity index (χ3n) is 5.38. The number of ketones is 1. The fourth-order valence-electron chi connectivity index (χ4n) is 3.73. The number of aromatic carboxylic acids is 1. The molecule has 1 N–H and O–H groups in total. The van der Waals surface area contributed by atoms with Crippen LogP contribution in [0.2, 0.25) is 0 Å². The van der Waals surface area contributed by atoms with Crippen LogP contribution in [0.4, 0.5) is 0 Å². The quantitative estimate of drug-likeness (QED) is 0.526. The molecule has 31 heavy (non-hydrogen) atoms. The molecule has 0 bridgehead atoms. The van der Waals surface area contributed by atoms with Gasteiger partial charge in [-0.1, -0.05) is 36.4 Å². The first-order valence-corrected chi connectivity index (χ1v) is 12.2. The lowest BCUT2D eigenvalue weighted by atomic mass is 9.93. The minimum atomic E-state index is -0.951. The standard InChI is InChI=1S/C25H23NO3S2/c1-30-21-7-3-5-17(13-21)18-9-11-22-23(14-18)31-24(26-22)15-20(27)10-8-16-4-2-6-19(12-16)25(28)29/h2-7,11-14,18H,8-10,15H2,1H3,(H,28,29). The Morgan fingerprint density at radius 1 is 1.19 bits per heavy atom. The maximum absolute atomic E-state index is 12.5. The van der Waals surface area contributed by atoms with Crippen LogP contribution in [0.1, 0.15) is 45.3 Å². The van der Waals surface area contributed by atoms with Crippen molar-refractivity contribution in [1.82, 2.24) is 4.98 Å². The number of benzene rings is 2. The van der Waals surface area contributed by atoms with Gasteiger partial charge in [0.15, 0.2) is 0 Å². The van der Waals surface area contributed by atoms with E-state index in [1.165, 1.54) is 10.5 Å². The highest BCUT2D eigenvalue weighted by Crippen LogP contribution is 2.27. The summed E-state index contributed by atoms with van der Waals surface area (Å²) in [6.07, 6.45) is 8.70. The van der Waals surface area contributed by atoms with Crippen molar-refractivity contribution in [3.63, 3.8) is 0 Å². The maximum Gasteiger partial charge on any atom is 0.335 e. The molecule has 4 rings (SSSR count). The van der Waals surface area contributed by atoms with Gasteiger partial charge >= 0.3 is 5.97 Å². The van der Waals surface area contributed by atoms with Crippen LogP contribution in [0, 0.1) is 0 Å². The summed E-state index contributed by atoms with van der Waals surface area (Å²) in [4.78, 5) is 29.5. The summed E-state index contributed by atoms with van der Waals surface area (Å²) < 4.78 is 1.14. The molecule has 4 nitrogen and oxygen atoms in total. The number of fused-ring (bicyclic) bond motifs is 1. The number of carbonyl (C=O) groups excluding carboxylic acids is 1. The van der Waals surface area contributed by atoms with Crippen molar-refractivity contribution in [2.45, 2.75) is 36.5 Å². The zero-order valence-electron chi connectivity index (χ0n) is 17.2. The number of Topliss-reactive ketones (excluding diaryl/α,β-unsaturated/α-hetero) is 1. The first kappa shape index (κ1) is 21.5. The number of rotatable bonds is 8. The summed E-state index contributed by atoms with van der Waals surface area (Å²) in [6, 6.07) is 15.4. The molecule has 0 fully saturated rings. The van der Waals surface area contributed by atoms with Gasteiger partial charge in [-0.15, -0.1) is 23.1 Å². The van der Waals surface area contributed by atoms with E-state index in [9.17, 15) is 9.59 Å². The zero-order valence-corrected chi connectivity index (χ0v) is 18.8. The fraction of sp³-hybridized carbons (Fsp3) is 0.240. The highest BCUT2D eigenvalue weighted by Gasteiger charge is 2.15. The average Bonchev–Trinajstić information content (AvgIpc) is 3.19. The van der Waals surface area contributed by atoms with E-state index in [0.717, 1.165) is 26.9 Å². The van der Waals surface area contributed by atoms with Crippen LogP contribution in [0.15, 0.2) is 53.4 Å². The third-order valence-corrected chi connectivity index (χ3v) is 7.14. The molecule has 6 heteroatoms. The molecule has 0 spiro atoms. The number of carboxylic acids is 1. The minimum absolute atomic E-state index is 0.121. The van der Waals surface area contributed by atoms with Crippen molar-refractivity contribution in [3.05, 3.63) is 80.1 Å². The number of aromatic nitrogens is 1. The first-order chi connectivity index (χ1) is 15.0. The molecule has 3 aromatic rings. The van der Waals surface area contributed by atoms with Crippen molar-refractivity contribution in [1.29, 1.82) is 0 Å². The van der Waals surface area contributed by atoms with E-state index in [4.69, 9.17) is 5.11 Å². The Labute approximate surface area is 189 Å². The monoisotopic (exact) mass is 449 g/mol. The molecule has 0 saturated heterocycles. The molecular weight excluding hydrogens is 426 g/mol. The van der Waals surface area contributed by atoms with Crippen molar-refractivity contribution < 1.29 is 14.7 Å². The predicted molar refractivity (Wildman–Crippen MR) is 126 cm³/mol. The molecule has 1 aromatic heterocycles. The van der Waals surface area contributed by atoms with Crippen LogP contribution in [0.25, 0.3) is 12.2 Å². The van der Waals surface area contributed by atoms with E-state index in [2.05, 4.69) is 47.7 Å². The first-order valence-electron chi connectivity index (χ1n) is 10.2. The zero-order chi connectivity index (χ0) is 21.8. The van der Waals surface area contributed by atoms with Crippen LogP contribution in [0.5, 0.6) is 0 Å². The van der Waals surface area contributed by atoms with E-state index in [1.54, 1.807) is 41.3 Å². The maximum atomic E-state index is 12.5. The van der Waals surface area contributed by atoms with Crippen LogP contribution in [-0.2, 0) is 17.6 Å². The Kier molecular flexibility index (Phi) is 6.68. The van der Waals surface area contributed by atoms with Crippen LogP contribution in [0.3, 0.4) is 0 Å². The van der Waals surface area contributed by atoms with Gasteiger partial charge in [-0.05, 0) is 54.5 Å².